The predicted molar refractivity (Wildman–Crippen MR) is 48.4 cm³/mol. The van der Waals surface area contributed by atoms with Crippen molar-refractivity contribution in [2.24, 2.45) is 0 Å². The van der Waals surface area contributed by atoms with Crippen molar-refractivity contribution in [2.45, 2.75) is 19.8 Å². The van der Waals surface area contributed by atoms with Crippen molar-refractivity contribution in [1.82, 2.24) is 6.15 Å². The zero-order valence-electron chi connectivity index (χ0n) is 10.1. The molecule has 80 valence electrons. The maximum Gasteiger partial charge on any atom is 2.00 e. The van der Waals surface area contributed by atoms with Crippen LogP contribution in [0.3, 0.4) is 0 Å². The Hall–Kier alpha value is 0.843. The molecule has 0 heterocycles. The van der Waals surface area contributed by atoms with Crippen LogP contribution in [0.2, 0.25) is 0 Å². The van der Waals surface area contributed by atoms with Gasteiger partial charge in [-0.25, -0.2) is 9.59 Å². The molecule has 0 atom stereocenters. The Kier molecular flexibility index (Phi) is 28.1. The molecule has 6 nitrogen and oxygen atoms in total. The second-order valence-electron chi connectivity index (χ2n) is 1.82. The average Bonchev–Trinajstić information content (AvgIpc) is 1.86. The van der Waals surface area contributed by atoms with Gasteiger partial charge in [0.15, 0.2) is 0 Å². The summed E-state index contributed by atoms with van der Waals surface area (Å²) >= 11 is 0. The Morgan fingerprint density at radius 1 is 1.43 bits per heavy atom. The summed E-state index contributed by atoms with van der Waals surface area (Å²) in [4.78, 5) is 20.0. The van der Waals surface area contributed by atoms with Crippen molar-refractivity contribution in [3.8, 4) is 0 Å². The molecule has 0 radical (unpaired) electrons. The molecule has 0 bridgehead atoms. The Bertz CT molecular complexity index is 166. The van der Waals surface area contributed by atoms with Gasteiger partial charge < -0.3 is 23.6 Å². The first-order valence-corrected chi connectivity index (χ1v) is 3.24. The van der Waals surface area contributed by atoms with Gasteiger partial charge in [-0.3, -0.25) is 0 Å². The van der Waals surface area contributed by atoms with Crippen LogP contribution in [0.15, 0.2) is 0 Å². The molecule has 0 aromatic heterocycles. The normalized spacial score (nSPS) is 6.93. The van der Waals surface area contributed by atoms with Crippen LogP contribution in [0, 0.1) is 0 Å². The SMILES string of the molecule is CCCCOC(=O)OC(=O)O.N.[Ca+2].[H-].[H-].[Zr]. The molecule has 4 N–H and O–H groups in total. The number of unbranched alkanes of at least 4 members (excludes halogenated alkanes) is 1. The molecule has 0 spiro atoms. The molecular weight excluding hydrogens is 297 g/mol. The van der Waals surface area contributed by atoms with Gasteiger partial charge in [0.2, 0.25) is 0 Å². The predicted octanol–water partition coefficient (Wildman–Crippen LogP) is 1.62. The second-order valence-corrected chi connectivity index (χ2v) is 1.82. The minimum absolute atomic E-state index is 0. The summed E-state index contributed by atoms with van der Waals surface area (Å²) in [6.45, 7) is 2.12. The summed E-state index contributed by atoms with van der Waals surface area (Å²) in [5.41, 5.74) is 0. The van der Waals surface area contributed by atoms with Gasteiger partial charge in [0.25, 0.3) is 0 Å². The molecule has 0 aliphatic carbocycles. The smallest absolute Gasteiger partial charge is 1.00 e. The Labute approximate surface area is 134 Å². The van der Waals surface area contributed by atoms with E-state index in [1.54, 1.807) is 0 Å². The van der Waals surface area contributed by atoms with Crippen molar-refractivity contribution >= 4 is 50.0 Å². The molecule has 8 heteroatoms. The molecular formula is C6H15CaNO5Zr. The Morgan fingerprint density at radius 3 is 2.29 bits per heavy atom. The third-order valence-electron chi connectivity index (χ3n) is 0.888. The number of ether oxygens (including phenoxy) is 2. The van der Waals surface area contributed by atoms with Crippen LogP contribution < -0.4 is 6.15 Å². The third kappa shape index (κ3) is 18.6. The number of rotatable bonds is 3. The largest absolute Gasteiger partial charge is 2.00 e. The summed E-state index contributed by atoms with van der Waals surface area (Å²) in [5.74, 6) is 0. The van der Waals surface area contributed by atoms with Crippen LogP contribution in [0.5, 0.6) is 0 Å². The Morgan fingerprint density at radius 2 is 1.93 bits per heavy atom. The minimum Gasteiger partial charge on any atom is -1.00 e. The fourth-order valence-electron chi connectivity index (χ4n) is 0.401. The van der Waals surface area contributed by atoms with Crippen molar-refractivity contribution in [2.75, 3.05) is 6.61 Å². The molecule has 0 aliphatic heterocycles. The molecule has 0 fully saturated rings. The first kappa shape index (κ1) is 24.2. The maximum atomic E-state index is 10.3. The van der Waals surface area contributed by atoms with Gasteiger partial charge in [0, 0.05) is 26.2 Å². The van der Waals surface area contributed by atoms with E-state index in [0.29, 0.717) is 6.42 Å². The third-order valence-corrected chi connectivity index (χ3v) is 0.888. The number of carbonyl (C=O) groups is 2. The summed E-state index contributed by atoms with van der Waals surface area (Å²) in [5, 5.41) is 7.92. The van der Waals surface area contributed by atoms with Gasteiger partial charge in [0.05, 0.1) is 6.61 Å². The van der Waals surface area contributed by atoms with Gasteiger partial charge in [-0.15, -0.1) is 0 Å². The fourth-order valence-corrected chi connectivity index (χ4v) is 0.401. The van der Waals surface area contributed by atoms with E-state index in [0.717, 1.165) is 6.42 Å². The number of carbonyl (C=O) groups excluding carboxylic acids is 1. The molecule has 0 unspecified atom stereocenters. The summed E-state index contributed by atoms with van der Waals surface area (Å²) in [6.07, 6.45) is -1.23. The molecule has 0 aromatic rings. The zero-order valence-corrected chi connectivity index (χ0v) is 12.8. The van der Waals surface area contributed by atoms with Crippen molar-refractivity contribution in [3.05, 3.63) is 0 Å². The van der Waals surface area contributed by atoms with E-state index < -0.39 is 12.3 Å². The maximum absolute atomic E-state index is 10.3. The quantitative estimate of drug-likeness (QED) is 0.355. The summed E-state index contributed by atoms with van der Waals surface area (Å²) in [6, 6.07) is 0. The van der Waals surface area contributed by atoms with Crippen LogP contribution in [0.4, 0.5) is 9.59 Å². The number of hydrogen-bond donors (Lipinski definition) is 2. The van der Waals surface area contributed by atoms with Crippen LogP contribution in [0.1, 0.15) is 22.6 Å². The fraction of sp³-hybridized carbons (Fsp3) is 0.667. The second kappa shape index (κ2) is 16.3. The van der Waals surface area contributed by atoms with E-state index in [-0.39, 0.29) is 79.6 Å². The minimum atomic E-state index is -1.65. The first-order chi connectivity index (χ1) is 5.16. The van der Waals surface area contributed by atoms with Gasteiger partial charge in [-0.05, 0) is 6.42 Å². The number of hydrogen-bond acceptors (Lipinski definition) is 5. The zero-order chi connectivity index (χ0) is 8.69. The van der Waals surface area contributed by atoms with Gasteiger partial charge in [-0.2, -0.15) is 0 Å². The van der Waals surface area contributed by atoms with Crippen LogP contribution in [0.25, 0.3) is 0 Å². The van der Waals surface area contributed by atoms with Crippen molar-refractivity contribution < 1.29 is 53.2 Å². The topological polar surface area (TPSA) is 108 Å². The van der Waals surface area contributed by atoms with E-state index >= 15 is 0 Å². The average molecular weight is 312 g/mol. The molecule has 0 aromatic carbocycles. The molecule has 14 heavy (non-hydrogen) atoms. The van der Waals surface area contributed by atoms with Gasteiger partial charge in [0.1, 0.15) is 0 Å². The first-order valence-electron chi connectivity index (χ1n) is 3.24. The summed E-state index contributed by atoms with van der Waals surface area (Å²) < 4.78 is 8.00. The van der Waals surface area contributed by atoms with Crippen molar-refractivity contribution in [3.63, 3.8) is 0 Å². The molecule has 0 aliphatic rings. The van der Waals surface area contributed by atoms with E-state index in [1.807, 2.05) is 6.92 Å². The van der Waals surface area contributed by atoms with Gasteiger partial charge in [-0.1, -0.05) is 13.3 Å². The van der Waals surface area contributed by atoms with Crippen LogP contribution in [-0.2, 0) is 35.7 Å². The van der Waals surface area contributed by atoms with Crippen LogP contribution >= 0.6 is 0 Å². The monoisotopic (exact) mass is 311 g/mol. The van der Waals surface area contributed by atoms with Gasteiger partial charge >= 0.3 is 50.0 Å². The Balaban J connectivity index is -0.0000000500. The molecule has 0 saturated heterocycles. The van der Waals surface area contributed by atoms with Crippen molar-refractivity contribution in [1.29, 1.82) is 0 Å². The van der Waals surface area contributed by atoms with E-state index in [4.69, 9.17) is 5.11 Å². The van der Waals surface area contributed by atoms with E-state index in [9.17, 15) is 9.59 Å². The summed E-state index contributed by atoms with van der Waals surface area (Å²) in [7, 11) is 0. The van der Waals surface area contributed by atoms with Crippen LogP contribution in [-0.4, -0.2) is 61.8 Å². The molecule has 0 saturated carbocycles. The standard InChI is InChI=1S/C6H10O5.Ca.H3N.Zr.2H/c1-2-3-4-10-6(9)11-5(7)8;;;;;/h2-4H2,1H3,(H,7,8);;1H3;;;/q;+2;;;2*-1. The van der Waals surface area contributed by atoms with E-state index in [1.165, 1.54) is 0 Å². The number of carboxylic acid groups (broad SMARTS) is 1. The molecule has 0 rings (SSSR count). The molecule has 0 amide bonds. The van der Waals surface area contributed by atoms with E-state index in [2.05, 4.69) is 9.47 Å².